The summed E-state index contributed by atoms with van der Waals surface area (Å²) in [4.78, 5) is 20.8. The van der Waals surface area contributed by atoms with Crippen molar-refractivity contribution in [3.63, 3.8) is 0 Å². The van der Waals surface area contributed by atoms with Crippen molar-refractivity contribution in [3.8, 4) is 0 Å². The zero-order valence-corrected chi connectivity index (χ0v) is 25.5. The fourth-order valence-electron chi connectivity index (χ4n) is 3.71. The maximum absolute atomic E-state index is 10.8. The molecule has 2 atom stereocenters. The lowest BCUT2D eigenvalue weighted by Gasteiger charge is -2.13. The number of aliphatic hydroxyl groups is 2. The first kappa shape index (κ1) is 36.4. The second-order valence-corrected chi connectivity index (χ2v) is 11.4. The number of aliphatic hydroxyl groups excluding tert-OH is 1. The normalized spacial score (nSPS) is 15.2. The Morgan fingerprint density at radius 3 is 2.08 bits per heavy atom. The molecule has 0 fully saturated rings. The lowest BCUT2D eigenvalue weighted by atomic mass is 10.0. The number of halogens is 1. The molecule has 0 aromatic carbocycles. The van der Waals surface area contributed by atoms with Crippen LogP contribution in [0, 0.1) is 4.91 Å². The first-order valence-electron chi connectivity index (χ1n) is 14.3. The molecule has 0 aromatic rings. The van der Waals surface area contributed by atoms with E-state index in [0.717, 1.165) is 38.5 Å². The summed E-state index contributed by atoms with van der Waals surface area (Å²) in [5.41, 5.74) is 0. The molecular formula is C32H50INO4. The first-order valence-corrected chi connectivity index (χ1v) is 15.4. The van der Waals surface area contributed by atoms with Crippen molar-refractivity contribution >= 4 is 28.5 Å². The van der Waals surface area contributed by atoms with E-state index in [9.17, 15) is 19.9 Å². The van der Waals surface area contributed by atoms with Crippen LogP contribution in [0.5, 0.6) is 0 Å². The zero-order chi connectivity index (χ0) is 28.2. The second kappa shape index (κ2) is 26.9. The zero-order valence-electron chi connectivity index (χ0n) is 23.4. The van der Waals surface area contributed by atoms with E-state index in [1.807, 2.05) is 65.1 Å². The molecule has 0 rings (SSSR count). The number of rotatable bonds is 24. The molecule has 0 bridgehead atoms. The second-order valence-electron chi connectivity index (χ2n) is 9.57. The van der Waals surface area contributed by atoms with Gasteiger partial charge in [-0.2, -0.15) is 0 Å². The molecule has 214 valence electrons. The molecule has 5 nitrogen and oxygen atoms in total. The third kappa shape index (κ3) is 27.4. The van der Waals surface area contributed by atoms with E-state index >= 15 is 0 Å². The minimum atomic E-state index is -0.874. The van der Waals surface area contributed by atoms with Gasteiger partial charge in [0, 0.05) is 18.0 Å². The molecule has 0 aromatic heterocycles. The number of carbonyl (C=O) groups excluding carboxylic acids is 1. The summed E-state index contributed by atoms with van der Waals surface area (Å²) < 4.78 is -0.874. The van der Waals surface area contributed by atoms with Crippen molar-refractivity contribution in [1.29, 1.82) is 0 Å². The molecule has 0 aliphatic carbocycles. The van der Waals surface area contributed by atoms with Crippen LogP contribution in [-0.2, 0) is 4.79 Å². The summed E-state index contributed by atoms with van der Waals surface area (Å²) in [6.07, 6.45) is 39.2. The van der Waals surface area contributed by atoms with E-state index in [4.69, 9.17) is 0 Å². The Labute approximate surface area is 245 Å². The molecular weight excluding hydrogens is 589 g/mol. The van der Waals surface area contributed by atoms with Gasteiger partial charge in [0.05, 0.1) is 6.10 Å². The Morgan fingerprint density at radius 1 is 0.816 bits per heavy atom. The van der Waals surface area contributed by atoms with Crippen molar-refractivity contribution in [1.82, 2.24) is 0 Å². The van der Waals surface area contributed by atoms with Gasteiger partial charge < -0.3 is 10.2 Å². The highest BCUT2D eigenvalue weighted by molar-refractivity contribution is 14.1. The van der Waals surface area contributed by atoms with Gasteiger partial charge in [0.1, 0.15) is 3.61 Å². The van der Waals surface area contributed by atoms with Crippen LogP contribution in [0.25, 0.3) is 0 Å². The van der Waals surface area contributed by atoms with Crippen molar-refractivity contribution < 1.29 is 15.0 Å². The van der Waals surface area contributed by atoms with Gasteiger partial charge in [-0.15, -0.1) is 4.91 Å². The predicted octanol–water partition coefficient (Wildman–Crippen LogP) is 9.36. The van der Waals surface area contributed by atoms with Crippen LogP contribution in [-0.4, -0.2) is 25.8 Å². The average Bonchev–Trinajstić information content (AvgIpc) is 2.89. The summed E-state index contributed by atoms with van der Waals surface area (Å²) in [6, 6.07) is 0. The Hall–Kier alpha value is -1.64. The SMILES string of the molecule is CC/C=C\C[C@](O)(I)\C=C/C=C/C=C/C(O)C/C=C\C/C=C\CCCCCCCCCCCCC(=O)N=O. The Balaban J connectivity index is 3.65. The quantitative estimate of drug-likeness (QED) is 0.0275. The van der Waals surface area contributed by atoms with Gasteiger partial charge in [0.25, 0.3) is 5.91 Å². The first-order chi connectivity index (χ1) is 18.4. The van der Waals surface area contributed by atoms with Crippen molar-refractivity contribution in [3.05, 3.63) is 77.8 Å². The van der Waals surface area contributed by atoms with E-state index in [1.54, 1.807) is 12.2 Å². The standard InChI is InChI=1S/C32H50INO4/c1-2-3-23-28-32(33,37)29-24-19-18-21-26-30(35)25-20-16-14-12-10-8-6-4-5-7-9-11-13-15-17-22-27-31(36)34-38/h3,10,12,16,18-21,23-24,26,29-30,35,37H,2,4-9,11,13-15,17,22,25,27-28H2,1H3/b12-10-,19-18+,20-16-,23-3-,26-21+,29-24-/t30?,32-/m1/s1. The lowest BCUT2D eigenvalue weighted by Crippen LogP contribution is -2.13. The van der Waals surface area contributed by atoms with Crippen LogP contribution in [0.4, 0.5) is 0 Å². The van der Waals surface area contributed by atoms with Crippen LogP contribution in [0.3, 0.4) is 0 Å². The summed E-state index contributed by atoms with van der Waals surface area (Å²) in [6.45, 7) is 2.07. The number of alkyl halides is 1. The topological polar surface area (TPSA) is 87.0 Å². The largest absolute Gasteiger partial charge is 0.389 e. The number of allylic oxidation sites excluding steroid dienone is 8. The van der Waals surface area contributed by atoms with Gasteiger partial charge in [0.15, 0.2) is 0 Å². The van der Waals surface area contributed by atoms with Gasteiger partial charge >= 0.3 is 0 Å². The molecule has 0 spiro atoms. The molecule has 1 amide bonds. The maximum atomic E-state index is 10.8. The molecule has 0 heterocycles. The number of nitroso groups, excluding NO2 is 1. The number of unbranched alkanes of at least 4 members (excludes halogenated alkanes) is 10. The summed E-state index contributed by atoms with van der Waals surface area (Å²) >= 11 is 2.03. The van der Waals surface area contributed by atoms with Crippen molar-refractivity contribution in [2.45, 2.75) is 119 Å². The minimum absolute atomic E-state index is 0.302. The summed E-state index contributed by atoms with van der Waals surface area (Å²) in [7, 11) is 0. The highest BCUT2D eigenvalue weighted by atomic mass is 127. The minimum Gasteiger partial charge on any atom is -0.389 e. The van der Waals surface area contributed by atoms with E-state index in [-0.39, 0.29) is 0 Å². The fourth-order valence-corrected chi connectivity index (χ4v) is 4.17. The van der Waals surface area contributed by atoms with Gasteiger partial charge in [-0.05, 0) is 67.2 Å². The third-order valence-electron chi connectivity index (χ3n) is 5.92. The molecule has 6 heteroatoms. The molecule has 1 unspecified atom stereocenters. The van der Waals surface area contributed by atoms with Crippen LogP contribution < -0.4 is 0 Å². The highest BCUT2D eigenvalue weighted by Gasteiger charge is 2.15. The number of carbonyl (C=O) groups is 1. The van der Waals surface area contributed by atoms with E-state index in [1.165, 1.54) is 44.9 Å². The van der Waals surface area contributed by atoms with Gasteiger partial charge in [0.2, 0.25) is 0 Å². The van der Waals surface area contributed by atoms with Crippen LogP contribution in [0.1, 0.15) is 110 Å². The molecule has 0 saturated carbocycles. The van der Waals surface area contributed by atoms with Crippen LogP contribution in [0.15, 0.2) is 78.1 Å². The Bertz CT molecular complexity index is 765. The molecule has 0 saturated heterocycles. The number of hydrogen-bond acceptors (Lipinski definition) is 4. The predicted molar refractivity (Wildman–Crippen MR) is 170 cm³/mol. The smallest absolute Gasteiger partial charge is 0.286 e. The van der Waals surface area contributed by atoms with Crippen molar-refractivity contribution in [2.75, 3.05) is 0 Å². The Kier molecular flexibility index (Phi) is 25.8. The molecule has 2 N–H and O–H groups in total. The average molecular weight is 640 g/mol. The third-order valence-corrected chi connectivity index (χ3v) is 6.72. The van der Waals surface area contributed by atoms with Crippen molar-refractivity contribution in [2.24, 2.45) is 5.18 Å². The van der Waals surface area contributed by atoms with Crippen LogP contribution >= 0.6 is 22.6 Å². The van der Waals surface area contributed by atoms with E-state index in [0.29, 0.717) is 19.3 Å². The Morgan fingerprint density at radius 2 is 1.42 bits per heavy atom. The van der Waals surface area contributed by atoms with E-state index < -0.39 is 15.6 Å². The molecule has 38 heavy (non-hydrogen) atoms. The lowest BCUT2D eigenvalue weighted by molar-refractivity contribution is -0.118. The van der Waals surface area contributed by atoms with Gasteiger partial charge in [-0.25, -0.2) is 0 Å². The fraction of sp³-hybridized carbons (Fsp3) is 0.594. The summed E-state index contributed by atoms with van der Waals surface area (Å²) in [5.74, 6) is -0.521. The van der Waals surface area contributed by atoms with Gasteiger partial charge in [-0.1, -0.05) is 125 Å². The maximum Gasteiger partial charge on any atom is 0.286 e. The molecule has 0 aliphatic rings. The van der Waals surface area contributed by atoms with E-state index in [2.05, 4.69) is 30.3 Å². The monoisotopic (exact) mass is 639 g/mol. The number of amides is 1. The molecule has 0 aliphatic heterocycles. The number of nitrogens with zero attached hydrogens (tertiary/aromatic N) is 1. The summed E-state index contributed by atoms with van der Waals surface area (Å²) in [5, 5.41) is 22.6. The highest BCUT2D eigenvalue weighted by Crippen LogP contribution is 2.22. The van der Waals surface area contributed by atoms with Crippen LogP contribution in [0.2, 0.25) is 0 Å². The van der Waals surface area contributed by atoms with Gasteiger partial charge in [-0.3, -0.25) is 4.79 Å². The number of hydrogen-bond donors (Lipinski definition) is 2. The molecule has 0 radical (unpaired) electrons.